The fraction of sp³-hybridized carbons (Fsp3) is 0.688. The van der Waals surface area contributed by atoms with Crippen molar-refractivity contribution in [3.8, 4) is 0 Å². The standard InChI is InChI=1S/C16H28N4O3S/c1-3-17-15(18-8-11-20-9-4-5-10-20)19-14-16(24(2,21)22)6-12-23-13-7-16/h4-5,9-10H,3,6-8,11-14H2,1-2H3,(H2,17,18,19). The molecule has 1 fully saturated rings. The molecule has 0 unspecified atom stereocenters. The van der Waals surface area contributed by atoms with Crippen LogP contribution in [-0.4, -0.2) is 62.8 Å². The predicted molar refractivity (Wildman–Crippen MR) is 96.0 cm³/mol. The zero-order valence-corrected chi connectivity index (χ0v) is 15.3. The molecule has 1 aliphatic rings. The summed E-state index contributed by atoms with van der Waals surface area (Å²) in [7, 11) is -3.20. The molecule has 0 atom stereocenters. The fourth-order valence-electron chi connectivity index (χ4n) is 2.78. The highest BCUT2D eigenvalue weighted by molar-refractivity contribution is 7.92. The van der Waals surface area contributed by atoms with Gasteiger partial charge in [-0.2, -0.15) is 0 Å². The van der Waals surface area contributed by atoms with Crippen molar-refractivity contribution in [2.45, 2.75) is 31.1 Å². The first kappa shape index (κ1) is 18.8. The van der Waals surface area contributed by atoms with E-state index in [1.54, 1.807) is 0 Å². The molecule has 0 aromatic carbocycles. The monoisotopic (exact) mass is 356 g/mol. The number of hydrogen-bond donors (Lipinski definition) is 2. The average molecular weight is 356 g/mol. The summed E-state index contributed by atoms with van der Waals surface area (Å²) in [5.74, 6) is 0.652. The molecule has 24 heavy (non-hydrogen) atoms. The van der Waals surface area contributed by atoms with Crippen molar-refractivity contribution in [1.29, 1.82) is 0 Å². The van der Waals surface area contributed by atoms with Crippen LogP contribution in [0.1, 0.15) is 19.8 Å². The molecular formula is C16H28N4O3S. The molecular weight excluding hydrogens is 328 g/mol. The largest absolute Gasteiger partial charge is 0.381 e. The minimum absolute atomic E-state index is 0.258. The Morgan fingerprint density at radius 3 is 2.50 bits per heavy atom. The quantitative estimate of drug-likeness (QED) is 0.553. The van der Waals surface area contributed by atoms with Crippen LogP contribution in [0, 0.1) is 0 Å². The molecule has 2 rings (SSSR count). The minimum Gasteiger partial charge on any atom is -0.381 e. The highest BCUT2D eigenvalue weighted by Crippen LogP contribution is 2.29. The number of aromatic nitrogens is 1. The predicted octanol–water partition coefficient (Wildman–Crippen LogP) is 0.637. The molecule has 0 aliphatic carbocycles. The molecule has 0 saturated carbocycles. The van der Waals surface area contributed by atoms with Gasteiger partial charge in [0.05, 0.1) is 11.3 Å². The number of guanidine groups is 1. The van der Waals surface area contributed by atoms with Crippen LogP contribution in [0.2, 0.25) is 0 Å². The Morgan fingerprint density at radius 2 is 1.92 bits per heavy atom. The van der Waals surface area contributed by atoms with Gasteiger partial charge in [0.25, 0.3) is 0 Å². The lowest BCUT2D eigenvalue weighted by Gasteiger charge is -2.34. The highest BCUT2D eigenvalue weighted by Gasteiger charge is 2.42. The van der Waals surface area contributed by atoms with Gasteiger partial charge in [0.1, 0.15) is 0 Å². The second-order valence-electron chi connectivity index (χ2n) is 6.11. The van der Waals surface area contributed by atoms with Gasteiger partial charge in [0.15, 0.2) is 15.8 Å². The third-order valence-electron chi connectivity index (χ3n) is 4.39. The van der Waals surface area contributed by atoms with Crippen LogP contribution in [0.5, 0.6) is 0 Å². The molecule has 1 aromatic rings. The smallest absolute Gasteiger partial charge is 0.191 e. The van der Waals surface area contributed by atoms with Gasteiger partial charge in [0, 0.05) is 51.5 Å². The Kier molecular flexibility index (Phi) is 6.68. The normalized spacial score (nSPS) is 18.3. The fourth-order valence-corrected chi connectivity index (χ4v) is 3.98. The maximum absolute atomic E-state index is 12.3. The van der Waals surface area contributed by atoms with E-state index in [-0.39, 0.29) is 6.54 Å². The molecule has 1 aliphatic heterocycles. The number of hydrogen-bond acceptors (Lipinski definition) is 4. The van der Waals surface area contributed by atoms with Crippen LogP contribution in [0.3, 0.4) is 0 Å². The van der Waals surface area contributed by atoms with Crippen molar-refractivity contribution in [1.82, 2.24) is 15.2 Å². The molecule has 2 N–H and O–H groups in total. The van der Waals surface area contributed by atoms with Gasteiger partial charge >= 0.3 is 0 Å². The van der Waals surface area contributed by atoms with E-state index in [2.05, 4.69) is 20.2 Å². The van der Waals surface area contributed by atoms with Crippen LogP contribution in [0.25, 0.3) is 0 Å². The number of nitrogens with zero attached hydrogens (tertiary/aromatic N) is 2. The molecule has 0 amide bonds. The summed E-state index contributed by atoms with van der Waals surface area (Å²) in [6, 6.07) is 3.97. The van der Waals surface area contributed by atoms with E-state index in [1.807, 2.05) is 31.5 Å². The van der Waals surface area contributed by atoms with Crippen molar-refractivity contribution in [2.24, 2.45) is 4.99 Å². The number of aliphatic imine (C=N–C) groups is 1. The Hall–Kier alpha value is -1.54. The summed E-state index contributed by atoms with van der Waals surface area (Å²) in [6.07, 6.45) is 6.31. The van der Waals surface area contributed by atoms with Crippen LogP contribution < -0.4 is 10.6 Å². The molecule has 0 radical (unpaired) electrons. The van der Waals surface area contributed by atoms with E-state index in [4.69, 9.17) is 4.74 Å². The Morgan fingerprint density at radius 1 is 1.25 bits per heavy atom. The highest BCUT2D eigenvalue weighted by atomic mass is 32.2. The van der Waals surface area contributed by atoms with Gasteiger partial charge < -0.3 is 19.9 Å². The maximum Gasteiger partial charge on any atom is 0.191 e. The number of nitrogens with one attached hydrogen (secondary N) is 2. The van der Waals surface area contributed by atoms with E-state index in [0.717, 1.165) is 19.6 Å². The van der Waals surface area contributed by atoms with Crippen LogP contribution in [0.4, 0.5) is 0 Å². The van der Waals surface area contributed by atoms with E-state index in [1.165, 1.54) is 6.26 Å². The lowest BCUT2D eigenvalue weighted by atomic mass is 9.99. The van der Waals surface area contributed by atoms with Crippen LogP contribution >= 0.6 is 0 Å². The van der Waals surface area contributed by atoms with E-state index < -0.39 is 14.6 Å². The summed E-state index contributed by atoms with van der Waals surface area (Å²) in [5.41, 5.74) is 0. The van der Waals surface area contributed by atoms with Crippen molar-refractivity contribution in [3.63, 3.8) is 0 Å². The van der Waals surface area contributed by atoms with Gasteiger partial charge in [-0.15, -0.1) is 0 Å². The molecule has 136 valence electrons. The second kappa shape index (κ2) is 8.53. The van der Waals surface area contributed by atoms with Gasteiger partial charge in [0.2, 0.25) is 0 Å². The van der Waals surface area contributed by atoms with Gasteiger partial charge in [-0.25, -0.2) is 8.42 Å². The summed E-state index contributed by atoms with van der Waals surface area (Å²) < 4.78 is 31.2. The van der Waals surface area contributed by atoms with Crippen molar-refractivity contribution in [2.75, 3.05) is 39.1 Å². The van der Waals surface area contributed by atoms with Crippen LogP contribution in [-0.2, 0) is 21.1 Å². The van der Waals surface area contributed by atoms with E-state index in [0.29, 0.717) is 32.0 Å². The summed E-state index contributed by atoms with van der Waals surface area (Å²) >= 11 is 0. The average Bonchev–Trinajstić information content (AvgIpc) is 3.06. The van der Waals surface area contributed by atoms with Gasteiger partial charge in [-0.1, -0.05) is 0 Å². The molecule has 8 heteroatoms. The van der Waals surface area contributed by atoms with Gasteiger partial charge in [-0.3, -0.25) is 4.99 Å². The second-order valence-corrected chi connectivity index (χ2v) is 8.52. The Balaban J connectivity index is 1.99. The summed E-state index contributed by atoms with van der Waals surface area (Å²) in [4.78, 5) is 4.55. The topological polar surface area (TPSA) is 84.7 Å². The lowest BCUT2D eigenvalue weighted by molar-refractivity contribution is 0.0768. The first-order valence-corrected chi connectivity index (χ1v) is 10.3. The Labute approximate surface area is 144 Å². The van der Waals surface area contributed by atoms with Crippen molar-refractivity contribution < 1.29 is 13.2 Å². The molecule has 0 bridgehead atoms. The van der Waals surface area contributed by atoms with Crippen LogP contribution in [0.15, 0.2) is 29.5 Å². The first-order chi connectivity index (χ1) is 11.5. The summed E-state index contributed by atoms with van der Waals surface area (Å²) in [5, 5.41) is 6.43. The zero-order valence-electron chi connectivity index (χ0n) is 14.5. The summed E-state index contributed by atoms with van der Waals surface area (Å²) in [6.45, 7) is 5.46. The number of ether oxygens (including phenoxy) is 1. The van der Waals surface area contributed by atoms with Crippen molar-refractivity contribution in [3.05, 3.63) is 24.5 Å². The SMILES string of the molecule is CCNC(=NCC1(S(C)(=O)=O)CCOCC1)NCCn1cccc1. The zero-order chi connectivity index (χ0) is 17.5. The molecule has 7 nitrogen and oxygen atoms in total. The van der Waals surface area contributed by atoms with E-state index >= 15 is 0 Å². The third-order valence-corrected chi connectivity index (χ3v) is 6.50. The minimum atomic E-state index is -3.20. The number of rotatable bonds is 7. The Bertz CT molecular complexity index is 620. The lowest BCUT2D eigenvalue weighted by Crippen LogP contribution is -2.47. The molecule has 1 saturated heterocycles. The van der Waals surface area contributed by atoms with Crippen molar-refractivity contribution >= 4 is 15.8 Å². The maximum atomic E-state index is 12.3. The van der Waals surface area contributed by atoms with E-state index in [9.17, 15) is 8.42 Å². The molecule has 2 heterocycles. The number of sulfone groups is 1. The first-order valence-electron chi connectivity index (χ1n) is 8.37. The molecule has 1 aromatic heterocycles. The third kappa shape index (κ3) is 4.98. The molecule has 0 spiro atoms. The van der Waals surface area contributed by atoms with Gasteiger partial charge in [-0.05, 0) is 31.9 Å².